The van der Waals surface area contributed by atoms with Gasteiger partial charge in [0.25, 0.3) is 5.69 Å². The van der Waals surface area contributed by atoms with Gasteiger partial charge in [-0.1, -0.05) is 12.1 Å². The van der Waals surface area contributed by atoms with Crippen LogP contribution in [0.5, 0.6) is 0 Å². The van der Waals surface area contributed by atoms with Crippen molar-refractivity contribution >= 4 is 17.3 Å². The molecular formula is C19H20F3N3O3. The van der Waals surface area contributed by atoms with Crippen molar-refractivity contribution in [3.8, 4) is 0 Å². The van der Waals surface area contributed by atoms with E-state index >= 15 is 0 Å². The third kappa shape index (κ3) is 6.26. The SMILES string of the molecule is C[C@@H](NC(=O)CCCNc1ccc([N+](=O)[O-])cc1)c1cccc(C(F)(F)F)c1. The molecular weight excluding hydrogens is 375 g/mol. The van der Waals surface area contributed by atoms with Crippen LogP contribution in [0.2, 0.25) is 0 Å². The Kier molecular flexibility index (Phi) is 6.97. The fourth-order valence-electron chi connectivity index (χ4n) is 2.56. The smallest absolute Gasteiger partial charge is 0.385 e. The third-order valence-corrected chi connectivity index (χ3v) is 4.08. The lowest BCUT2D eigenvalue weighted by molar-refractivity contribution is -0.384. The highest BCUT2D eigenvalue weighted by atomic mass is 19.4. The second kappa shape index (κ2) is 9.20. The Morgan fingerprint density at radius 3 is 2.46 bits per heavy atom. The highest BCUT2D eigenvalue weighted by Gasteiger charge is 2.30. The predicted octanol–water partition coefficient (Wildman–Crippen LogP) is 4.68. The summed E-state index contributed by atoms with van der Waals surface area (Å²) in [7, 11) is 0. The van der Waals surface area contributed by atoms with Gasteiger partial charge >= 0.3 is 6.18 Å². The van der Waals surface area contributed by atoms with Gasteiger partial charge < -0.3 is 10.6 Å². The fraction of sp³-hybridized carbons (Fsp3) is 0.316. The van der Waals surface area contributed by atoms with Gasteiger partial charge in [0, 0.05) is 30.8 Å². The number of carbonyl (C=O) groups excluding carboxylic acids is 1. The summed E-state index contributed by atoms with van der Waals surface area (Å²) < 4.78 is 38.3. The lowest BCUT2D eigenvalue weighted by Crippen LogP contribution is -2.27. The van der Waals surface area contributed by atoms with Crippen molar-refractivity contribution in [2.75, 3.05) is 11.9 Å². The molecule has 6 nitrogen and oxygen atoms in total. The number of halogens is 3. The minimum absolute atomic E-state index is 0.00601. The van der Waals surface area contributed by atoms with Crippen molar-refractivity contribution in [1.82, 2.24) is 5.32 Å². The van der Waals surface area contributed by atoms with E-state index in [1.54, 1.807) is 19.1 Å². The number of nitro groups is 1. The Hall–Kier alpha value is -3.10. The topological polar surface area (TPSA) is 84.3 Å². The van der Waals surface area contributed by atoms with Crippen molar-refractivity contribution in [2.45, 2.75) is 32.0 Å². The average molecular weight is 395 g/mol. The summed E-state index contributed by atoms with van der Waals surface area (Å²) in [6, 6.07) is 10.2. The highest BCUT2D eigenvalue weighted by Crippen LogP contribution is 2.30. The number of rotatable bonds is 8. The number of benzene rings is 2. The normalized spacial score (nSPS) is 12.3. The zero-order valence-electron chi connectivity index (χ0n) is 15.1. The quantitative estimate of drug-likeness (QED) is 0.386. The van der Waals surface area contributed by atoms with Gasteiger partial charge in [-0.3, -0.25) is 14.9 Å². The van der Waals surface area contributed by atoms with Gasteiger partial charge in [-0.05, 0) is 43.2 Å². The van der Waals surface area contributed by atoms with Crippen LogP contribution in [0.1, 0.15) is 36.9 Å². The lowest BCUT2D eigenvalue weighted by Gasteiger charge is -2.16. The molecule has 2 N–H and O–H groups in total. The van der Waals surface area contributed by atoms with Crippen LogP contribution < -0.4 is 10.6 Å². The Labute approximate surface area is 159 Å². The number of nitro benzene ring substituents is 1. The van der Waals surface area contributed by atoms with Crippen LogP contribution in [0.4, 0.5) is 24.5 Å². The predicted molar refractivity (Wildman–Crippen MR) is 98.8 cm³/mol. The van der Waals surface area contributed by atoms with E-state index in [4.69, 9.17) is 0 Å². The first-order valence-electron chi connectivity index (χ1n) is 8.61. The zero-order valence-corrected chi connectivity index (χ0v) is 15.1. The summed E-state index contributed by atoms with van der Waals surface area (Å²) >= 11 is 0. The summed E-state index contributed by atoms with van der Waals surface area (Å²) in [5.41, 5.74) is 0.322. The standard InChI is InChI=1S/C19H20F3N3O3/c1-13(14-4-2-5-15(12-14)19(20,21)22)24-18(26)6-3-11-23-16-7-9-17(10-8-16)25(27)28/h2,4-5,7-10,12-13,23H,3,6,11H2,1H3,(H,24,26)/t13-/m1/s1. The molecule has 0 unspecified atom stereocenters. The van der Waals surface area contributed by atoms with Crippen molar-refractivity contribution in [3.05, 3.63) is 69.8 Å². The summed E-state index contributed by atoms with van der Waals surface area (Å²) in [4.78, 5) is 22.1. The van der Waals surface area contributed by atoms with Gasteiger partial charge in [-0.15, -0.1) is 0 Å². The van der Waals surface area contributed by atoms with Crippen LogP contribution in [0.25, 0.3) is 0 Å². The number of anilines is 1. The molecule has 0 bridgehead atoms. The first-order chi connectivity index (χ1) is 13.2. The molecule has 2 aromatic carbocycles. The molecule has 9 heteroatoms. The van der Waals surface area contributed by atoms with E-state index in [0.29, 0.717) is 24.2 Å². The molecule has 0 heterocycles. The number of carbonyl (C=O) groups is 1. The van der Waals surface area contributed by atoms with Crippen LogP contribution in [-0.2, 0) is 11.0 Å². The number of alkyl halides is 3. The maximum Gasteiger partial charge on any atom is 0.416 e. The largest absolute Gasteiger partial charge is 0.416 e. The Balaban J connectivity index is 1.77. The van der Waals surface area contributed by atoms with Crippen molar-refractivity contribution in [3.63, 3.8) is 0 Å². The molecule has 0 aliphatic rings. The molecule has 0 saturated carbocycles. The number of nitrogens with one attached hydrogen (secondary N) is 2. The molecule has 0 radical (unpaired) electrons. The monoisotopic (exact) mass is 395 g/mol. The van der Waals surface area contributed by atoms with Gasteiger partial charge in [-0.25, -0.2) is 0 Å². The Bertz CT molecular complexity index is 823. The molecule has 0 aliphatic heterocycles. The third-order valence-electron chi connectivity index (χ3n) is 4.08. The van der Waals surface area contributed by atoms with E-state index in [-0.39, 0.29) is 18.0 Å². The molecule has 28 heavy (non-hydrogen) atoms. The Morgan fingerprint density at radius 1 is 1.18 bits per heavy atom. The summed E-state index contributed by atoms with van der Waals surface area (Å²) in [5.74, 6) is -0.268. The molecule has 0 aliphatic carbocycles. The average Bonchev–Trinajstić information content (AvgIpc) is 2.65. The molecule has 1 amide bonds. The molecule has 0 spiro atoms. The van der Waals surface area contributed by atoms with E-state index in [1.165, 1.54) is 24.3 Å². The summed E-state index contributed by atoms with van der Waals surface area (Å²) in [6.07, 6.45) is -3.73. The van der Waals surface area contributed by atoms with Gasteiger partial charge in [0.05, 0.1) is 16.5 Å². The number of amides is 1. The van der Waals surface area contributed by atoms with Crippen molar-refractivity contribution < 1.29 is 22.9 Å². The van der Waals surface area contributed by atoms with E-state index in [9.17, 15) is 28.1 Å². The van der Waals surface area contributed by atoms with Crippen LogP contribution in [0.3, 0.4) is 0 Å². The second-order valence-corrected chi connectivity index (χ2v) is 6.25. The van der Waals surface area contributed by atoms with E-state index in [1.807, 2.05) is 0 Å². The molecule has 2 aromatic rings. The van der Waals surface area contributed by atoms with Crippen molar-refractivity contribution in [2.24, 2.45) is 0 Å². The van der Waals surface area contributed by atoms with Gasteiger partial charge in [0.2, 0.25) is 5.91 Å². The molecule has 2 rings (SSSR count). The molecule has 0 aromatic heterocycles. The summed E-state index contributed by atoms with van der Waals surface area (Å²) in [5, 5.41) is 16.3. The lowest BCUT2D eigenvalue weighted by atomic mass is 10.0. The van der Waals surface area contributed by atoms with Gasteiger partial charge in [-0.2, -0.15) is 13.2 Å². The van der Waals surface area contributed by atoms with Crippen LogP contribution >= 0.6 is 0 Å². The number of hydrogen-bond acceptors (Lipinski definition) is 4. The highest BCUT2D eigenvalue weighted by molar-refractivity contribution is 5.76. The van der Waals surface area contributed by atoms with E-state index in [2.05, 4.69) is 10.6 Å². The van der Waals surface area contributed by atoms with E-state index < -0.39 is 22.7 Å². The maximum absolute atomic E-state index is 12.8. The molecule has 1 atom stereocenters. The fourth-order valence-corrected chi connectivity index (χ4v) is 2.56. The second-order valence-electron chi connectivity index (χ2n) is 6.25. The van der Waals surface area contributed by atoms with Crippen LogP contribution in [0, 0.1) is 10.1 Å². The number of nitrogens with zero attached hydrogens (tertiary/aromatic N) is 1. The van der Waals surface area contributed by atoms with Crippen molar-refractivity contribution in [1.29, 1.82) is 0 Å². The molecule has 0 saturated heterocycles. The summed E-state index contributed by atoms with van der Waals surface area (Å²) in [6.45, 7) is 2.10. The first-order valence-corrected chi connectivity index (χ1v) is 8.61. The maximum atomic E-state index is 12.8. The van der Waals surface area contributed by atoms with E-state index in [0.717, 1.165) is 12.1 Å². The minimum Gasteiger partial charge on any atom is -0.385 e. The van der Waals surface area contributed by atoms with Gasteiger partial charge in [0.15, 0.2) is 0 Å². The minimum atomic E-state index is -4.43. The molecule has 150 valence electrons. The van der Waals surface area contributed by atoms with Crippen LogP contribution in [-0.4, -0.2) is 17.4 Å². The van der Waals surface area contributed by atoms with Crippen LogP contribution in [0.15, 0.2) is 48.5 Å². The number of hydrogen-bond donors (Lipinski definition) is 2. The molecule has 0 fully saturated rings. The zero-order chi connectivity index (χ0) is 20.7. The first kappa shape index (κ1) is 21.2. The van der Waals surface area contributed by atoms with Gasteiger partial charge in [0.1, 0.15) is 0 Å². The number of non-ortho nitro benzene ring substituents is 1. The Morgan fingerprint density at radius 2 is 1.86 bits per heavy atom.